The topological polar surface area (TPSA) is 72.9 Å². The number of aryl methyl sites for hydroxylation is 1. The Morgan fingerprint density at radius 2 is 1.70 bits per heavy atom. The van der Waals surface area contributed by atoms with Gasteiger partial charge in [-0.15, -0.1) is 0 Å². The Bertz CT molecular complexity index is 1270. The molecular weight excluding hydrogens is 440 g/mol. The van der Waals surface area contributed by atoms with E-state index in [1.165, 1.54) is 7.11 Å². The second kappa shape index (κ2) is 8.89. The van der Waals surface area contributed by atoms with E-state index < -0.39 is 17.6 Å². The second-order valence-corrected chi connectivity index (χ2v) is 7.14. The number of nitrogens with zero attached hydrogens (tertiary/aromatic N) is 3. The molecule has 3 heterocycles. The van der Waals surface area contributed by atoms with Crippen molar-refractivity contribution in [2.24, 2.45) is 0 Å². The molecule has 1 N–H and O–H groups in total. The maximum absolute atomic E-state index is 14.0. The van der Waals surface area contributed by atoms with Gasteiger partial charge in [-0.05, 0) is 43.3 Å². The van der Waals surface area contributed by atoms with Gasteiger partial charge >= 0.3 is 6.18 Å². The number of imidazole rings is 1. The van der Waals surface area contributed by atoms with E-state index in [-0.39, 0.29) is 18.1 Å². The minimum atomic E-state index is -4.67. The molecule has 0 spiro atoms. The van der Waals surface area contributed by atoms with Gasteiger partial charge in [-0.25, -0.2) is 9.37 Å². The van der Waals surface area contributed by atoms with Crippen LogP contribution >= 0.6 is 0 Å². The molecule has 1 aromatic carbocycles. The third kappa shape index (κ3) is 4.94. The van der Waals surface area contributed by atoms with E-state index in [0.717, 1.165) is 22.5 Å². The summed E-state index contributed by atoms with van der Waals surface area (Å²) < 4.78 is 63.0. The number of aromatic nitrogens is 4. The van der Waals surface area contributed by atoms with Crippen LogP contribution in [0.3, 0.4) is 0 Å². The molecule has 33 heavy (non-hydrogen) atoms. The first-order valence-electron chi connectivity index (χ1n) is 9.75. The molecular formula is C23H18F4N4O2. The van der Waals surface area contributed by atoms with Crippen LogP contribution in [-0.2, 0) is 12.8 Å². The molecule has 0 aliphatic rings. The van der Waals surface area contributed by atoms with Gasteiger partial charge in [0.05, 0.1) is 24.6 Å². The first-order valence-corrected chi connectivity index (χ1v) is 9.75. The Balaban J connectivity index is 1.51. The van der Waals surface area contributed by atoms with Crippen LogP contribution in [0.25, 0.3) is 22.6 Å². The van der Waals surface area contributed by atoms with Crippen LogP contribution in [0, 0.1) is 12.7 Å². The number of H-pyrrole nitrogens is 1. The van der Waals surface area contributed by atoms with Crippen LogP contribution in [0.15, 0.2) is 55.0 Å². The third-order valence-electron chi connectivity index (χ3n) is 4.84. The average Bonchev–Trinajstić information content (AvgIpc) is 3.28. The van der Waals surface area contributed by atoms with E-state index in [1.54, 1.807) is 30.6 Å². The van der Waals surface area contributed by atoms with Gasteiger partial charge < -0.3 is 14.5 Å². The molecule has 0 saturated carbocycles. The standard InChI is InChI=1S/C23H18F4N4O2/c1-13-3-4-15(9-28-13)22-30-11-18(31-22)14-5-6-20(21(7-14)32-2)33-12-19-17(24)8-16(10-29-19)23(25,26)27/h3-11H,12H2,1-2H3,(H,30,31). The van der Waals surface area contributed by atoms with Crippen molar-refractivity contribution in [2.75, 3.05) is 7.11 Å². The van der Waals surface area contributed by atoms with Gasteiger partial charge in [0.2, 0.25) is 0 Å². The average molecular weight is 458 g/mol. The number of rotatable bonds is 6. The molecule has 6 nitrogen and oxygen atoms in total. The number of methoxy groups -OCH3 is 1. The second-order valence-electron chi connectivity index (χ2n) is 7.14. The van der Waals surface area contributed by atoms with Crippen molar-refractivity contribution in [1.29, 1.82) is 0 Å². The summed E-state index contributed by atoms with van der Waals surface area (Å²) in [5.74, 6) is 0.189. The number of halogens is 4. The lowest BCUT2D eigenvalue weighted by atomic mass is 10.1. The lowest BCUT2D eigenvalue weighted by Crippen LogP contribution is -2.09. The van der Waals surface area contributed by atoms with E-state index in [0.29, 0.717) is 23.8 Å². The molecule has 4 aromatic rings. The van der Waals surface area contributed by atoms with Gasteiger partial charge in [-0.2, -0.15) is 13.2 Å². The minimum Gasteiger partial charge on any atom is -0.493 e. The lowest BCUT2D eigenvalue weighted by Gasteiger charge is -2.13. The highest BCUT2D eigenvalue weighted by Gasteiger charge is 2.32. The highest BCUT2D eigenvalue weighted by molar-refractivity contribution is 5.67. The molecule has 3 aromatic heterocycles. The molecule has 0 atom stereocenters. The van der Waals surface area contributed by atoms with E-state index in [1.807, 2.05) is 19.1 Å². The molecule has 10 heteroatoms. The fourth-order valence-corrected chi connectivity index (χ4v) is 3.05. The highest BCUT2D eigenvalue weighted by Crippen LogP contribution is 2.34. The number of ether oxygens (including phenoxy) is 2. The normalized spacial score (nSPS) is 11.5. The number of pyridine rings is 2. The van der Waals surface area contributed by atoms with E-state index in [2.05, 4.69) is 19.9 Å². The summed E-state index contributed by atoms with van der Waals surface area (Å²) in [6, 6.07) is 9.27. The molecule has 170 valence electrons. The van der Waals surface area contributed by atoms with Crippen molar-refractivity contribution < 1.29 is 27.0 Å². The Hall–Kier alpha value is -3.95. The molecule has 4 rings (SSSR count). The number of hydrogen-bond donors (Lipinski definition) is 1. The Morgan fingerprint density at radius 1 is 0.909 bits per heavy atom. The summed E-state index contributed by atoms with van der Waals surface area (Å²) in [5, 5.41) is 0. The van der Waals surface area contributed by atoms with E-state index >= 15 is 0 Å². The van der Waals surface area contributed by atoms with Gasteiger partial charge in [0.15, 0.2) is 11.5 Å². The Kier molecular flexibility index (Phi) is 5.99. The van der Waals surface area contributed by atoms with Gasteiger partial charge in [0.1, 0.15) is 23.9 Å². The molecule has 0 aliphatic carbocycles. The van der Waals surface area contributed by atoms with Crippen molar-refractivity contribution in [3.8, 4) is 34.1 Å². The van der Waals surface area contributed by atoms with Gasteiger partial charge in [-0.1, -0.05) is 0 Å². The largest absolute Gasteiger partial charge is 0.493 e. The van der Waals surface area contributed by atoms with Crippen LogP contribution in [-0.4, -0.2) is 27.0 Å². The Morgan fingerprint density at radius 3 is 2.36 bits per heavy atom. The monoisotopic (exact) mass is 458 g/mol. The predicted molar refractivity (Wildman–Crippen MR) is 112 cm³/mol. The maximum atomic E-state index is 14.0. The Labute approximate surface area is 186 Å². The van der Waals surface area contributed by atoms with E-state index in [9.17, 15) is 17.6 Å². The van der Waals surface area contributed by atoms with Crippen molar-refractivity contribution in [3.63, 3.8) is 0 Å². The highest BCUT2D eigenvalue weighted by atomic mass is 19.4. The summed E-state index contributed by atoms with van der Waals surface area (Å²) in [7, 11) is 1.44. The zero-order valence-corrected chi connectivity index (χ0v) is 17.6. The number of benzene rings is 1. The summed E-state index contributed by atoms with van der Waals surface area (Å²) in [6.45, 7) is 1.53. The van der Waals surface area contributed by atoms with Crippen LogP contribution in [0.2, 0.25) is 0 Å². The van der Waals surface area contributed by atoms with Crippen molar-refractivity contribution in [3.05, 3.63) is 77.8 Å². The SMILES string of the molecule is COc1cc(-c2cnc(-c3ccc(C)nc3)[nH]2)ccc1OCc1ncc(C(F)(F)F)cc1F. The first kappa shape index (κ1) is 22.3. The molecule has 0 fully saturated rings. The summed E-state index contributed by atoms with van der Waals surface area (Å²) in [5.41, 5.74) is 1.81. The van der Waals surface area contributed by atoms with Gasteiger partial charge in [-0.3, -0.25) is 9.97 Å². The smallest absolute Gasteiger partial charge is 0.417 e. The van der Waals surface area contributed by atoms with Crippen LogP contribution in [0.1, 0.15) is 17.0 Å². The molecule has 0 saturated heterocycles. The molecule has 0 bridgehead atoms. The third-order valence-corrected chi connectivity index (χ3v) is 4.84. The number of hydrogen-bond acceptors (Lipinski definition) is 5. The lowest BCUT2D eigenvalue weighted by molar-refractivity contribution is -0.138. The molecule has 0 radical (unpaired) electrons. The number of nitrogens with one attached hydrogen (secondary N) is 1. The van der Waals surface area contributed by atoms with Crippen molar-refractivity contribution >= 4 is 0 Å². The summed E-state index contributed by atoms with van der Waals surface area (Å²) in [4.78, 5) is 15.4. The molecule has 0 aliphatic heterocycles. The van der Waals surface area contributed by atoms with Crippen LogP contribution in [0.5, 0.6) is 11.5 Å². The first-order chi connectivity index (χ1) is 15.7. The zero-order chi connectivity index (χ0) is 23.6. The van der Waals surface area contributed by atoms with E-state index in [4.69, 9.17) is 9.47 Å². The number of aromatic amines is 1. The zero-order valence-electron chi connectivity index (χ0n) is 17.6. The predicted octanol–water partition coefficient (Wildman–Crippen LogP) is 5.59. The van der Waals surface area contributed by atoms with Gasteiger partial charge in [0, 0.05) is 29.2 Å². The van der Waals surface area contributed by atoms with Crippen molar-refractivity contribution in [2.45, 2.75) is 19.7 Å². The maximum Gasteiger partial charge on any atom is 0.417 e. The fourth-order valence-electron chi connectivity index (χ4n) is 3.05. The quantitative estimate of drug-likeness (QED) is 0.382. The summed E-state index contributed by atoms with van der Waals surface area (Å²) in [6.07, 6.45) is -0.702. The molecule has 0 amide bonds. The molecule has 0 unspecified atom stereocenters. The fraction of sp³-hybridized carbons (Fsp3) is 0.174. The van der Waals surface area contributed by atoms with Gasteiger partial charge in [0.25, 0.3) is 0 Å². The number of alkyl halides is 3. The van der Waals surface area contributed by atoms with Crippen molar-refractivity contribution in [1.82, 2.24) is 19.9 Å². The van der Waals surface area contributed by atoms with Crippen LogP contribution in [0.4, 0.5) is 17.6 Å². The van der Waals surface area contributed by atoms with Crippen LogP contribution < -0.4 is 9.47 Å². The summed E-state index contributed by atoms with van der Waals surface area (Å²) >= 11 is 0. The minimum absolute atomic E-state index is 0.251.